The number of H-pyrrole nitrogens is 1. The van der Waals surface area contributed by atoms with Gasteiger partial charge in [0.25, 0.3) is 5.91 Å². The Morgan fingerprint density at radius 3 is 2.63 bits per heavy atom. The van der Waals surface area contributed by atoms with E-state index in [4.69, 9.17) is 16.3 Å². The molecule has 0 saturated carbocycles. The highest BCUT2D eigenvalue weighted by Gasteiger charge is 2.35. The van der Waals surface area contributed by atoms with Gasteiger partial charge in [-0.2, -0.15) is 0 Å². The van der Waals surface area contributed by atoms with Gasteiger partial charge in [0.2, 0.25) is 0 Å². The lowest BCUT2D eigenvalue weighted by atomic mass is 9.74. The molecule has 140 valence electrons. The van der Waals surface area contributed by atoms with Gasteiger partial charge in [0.05, 0.1) is 0 Å². The monoisotopic (exact) mass is 386 g/mol. The molecule has 2 heterocycles. The molecule has 4 rings (SSSR count). The van der Waals surface area contributed by atoms with Crippen LogP contribution in [0.15, 0.2) is 48.5 Å². The van der Waals surface area contributed by atoms with Crippen LogP contribution in [0.1, 0.15) is 28.9 Å². The lowest BCUT2D eigenvalue weighted by molar-refractivity contribution is 0.0486. The van der Waals surface area contributed by atoms with Crippen LogP contribution in [-0.2, 0) is 10.2 Å². The molecule has 0 radical (unpaired) electrons. The number of benzene rings is 2. The number of fused-ring (bicyclic) bond motifs is 1. The Kier molecular flexibility index (Phi) is 4.89. The van der Waals surface area contributed by atoms with Crippen LogP contribution in [0.4, 0.5) is 4.39 Å². The zero-order chi connectivity index (χ0) is 18.9. The zero-order valence-electron chi connectivity index (χ0n) is 14.7. The molecule has 4 nitrogen and oxygen atoms in total. The fourth-order valence-corrected chi connectivity index (χ4v) is 3.87. The van der Waals surface area contributed by atoms with Crippen LogP contribution in [0.2, 0.25) is 5.02 Å². The number of aromatic amines is 1. The molecule has 1 amide bonds. The standard InChI is InChI=1S/C21H20ClFN2O2/c22-16-4-1-14-11-19(25-18(14)12-16)20(26)24-13-21(7-9-27-10-8-21)15-2-5-17(23)6-3-15/h1-6,11-12,25H,7-10,13H2,(H,24,26). The molecule has 0 atom stereocenters. The maximum absolute atomic E-state index is 13.3. The number of aromatic nitrogens is 1. The van der Waals surface area contributed by atoms with Gasteiger partial charge in [-0.15, -0.1) is 0 Å². The summed E-state index contributed by atoms with van der Waals surface area (Å²) >= 11 is 6.01. The van der Waals surface area contributed by atoms with Crippen molar-refractivity contribution < 1.29 is 13.9 Å². The van der Waals surface area contributed by atoms with E-state index in [2.05, 4.69) is 10.3 Å². The summed E-state index contributed by atoms with van der Waals surface area (Å²) in [6, 6.07) is 13.8. The number of halogens is 2. The molecule has 2 aromatic carbocycles. The van der Waals surface area contributed by atoms with Gasteiger partial charge in [-0.05, 0) is 48.7 Å². The summed E-state index contributed by atoms with van der Waals surface area (Å²) in [6.45, 7) is 1.72. The van der Waals surface area contributed by atoms with Gasteiger partial charge in [-0.1, -0.05) is 29.8 Å². The van der Waals surface area contributed by atoms with Crippen LogP contribution in [0.5, 0.6) is 0 Å². The minimum Gasteiger partial charge on any atom is -0.381 e. The second-order valence-corrected chi connectivity index (χ2v) is 7.43. The topological polar surface area (TPSA) is 54.1 Å². The van der Waals surface area contributed by atoms with E-state index in [1.165, 1.54) is 12.1 Å². The highest BCUT2D eigenvalue weighted by molar-refractivity contribution is 6.31. The van der Waals surface area contributed by atoms with E-state index in [0.29, 0.717) is 30.5 Å². The average molecular weight is 387 g/mol. The number of hydrogen-bond donors (Lipinski definition) is 2. The second-order valence-electron chi connectivity index (χ2n) is 7.00. The number of ether oxygens (including phenoxy) is 1. The first-order chi connectivity index (χ1) is 13.1. The van der Waals surface area contributed by atoms with Crippen molar-refractivity contribution >= 4 is 28.4 Å². The summed E-state index contributed by atoms with van der Waals surface area (Å²) in [7, 11) is 0. The van der Waals surface area contributed by atoms with E-state index in [1.807, 2.05) is 12.1 Å². The molecule has 3 aromatic rings. The summed E-state index contributed by atoms with van der Waals surface area (Å²) in [5.74, 6) is -0.433. The van der Waals surface area contributed by atoms with Crippen LogP contribution >= 0.6 is 11.6 Å². The Morgan fingerprint density at radius 2 is 1.89 bits per heavy atom. The summed E-state index contributed by atoms with van der Waals surface area (Å²) in [5.41, 5.74) is 2.09. The van der Waals surface area contributed by atoms with E-state index in [-0.39, 0.29) is 17.1 Å². The zero-order valence-corrected chi connectivity index (χ0v) is 15.5. The first kappa shape index (κ1) is 18.0. The van der Waals surface area contributed by atoms with Gasteiger partial charge in [0, 0.05) is 41.1 Å². The molecule has 0 bridgehead atoms. The van der Waals surface area contributed by atoms with Gasteiger partial charge in [-0.25, -0.2) is 4.39 Å². The van der Waals surface area contributed by atoms with Crippen molar-refractivity contribution in [1.82, 2.24) is 10.3 Å². The van der Waals surface area contributed by atoms with Crippen LogP contribution < -0.4 is 5.32 Å². The number of carbonyl (C=O) groups excluding carboxylic acids is 1. The van der Waals surface area contributed by atoms with Gasteiger partial charge in [-0.3, -0.25) is 4.79 Å². The molecule has 1 saturated heterocycles. The highest BCUT2D eigenvalue weighted by atomic mass is 35.5. The van der Waals surface area contributed by atoms with E-state index >= 15 is 0 Å². The molecule has 1 aliphatic rings. The van der Waals surface area contributed by atoms with E-state index in [9.17, 15) is 9.18 Å². The molecule has 6 heteroatoms. The minimum absolute atomic E-state index is 0.171. The number of carbonyl (C=O) groups is 1. The van der Waals surface area contributed by atoms with Gasteiger partial charge in [0.15, 0.2) is 0 Å². The molecular formula is C21H20ClFN2O2. The molecular weight excluding hydrogens is 367 g/mol. The summed E-state index contributed by atoms with van der Waals surface area (Å²) in [5, 5.41) is 4.60. The van der Waals surface area contributed by atoms with Crippen molar-refractivity contribution in [1.29, 1.82) is 0 Å². The first-order valence-electron chi connectivity index (χ1n) is 8.96. The lowest BCUT2D eigenvalue weighted by Crippen LogP contribution is -2.44. The summed E-state index contributed by atoms with van der Waals surface area (Å²) < 4.78 is 18.8. The Morgan fingerprint density at radius 1 is 1.15 bits per heavy atom. The Labute approximate surface area is 161 Å². The van der Waals surface area contributed by atoms with Gasteiger partial charge >= 0.3 is 0 Å². The van der Waals surface area contributed by atoms with Crippen molar-refractivity contribution in [2.45, 2.75) is 18.3 Å². The smallest absolute Gasteiger partial charge is 0.267 e. The number of rotatable bonds is 4. The summed E-state index contributed by atoms with van der Waals surface area (Å²) in [6.07, 6.45) is 1.56. The largest absolute Gasteiger partial charge is 0.381 e. The van der Waals surface area contributed by atoms with Crippen LogP contribution in [0, 0.1) is 5.82 Å². The normalized spacial score (nSPS) is 16.4. The average Bonchev–Trinajstić information content (AvgIpc) is 3.10. The fraction of sp³-hybridized carbons (Fsp3) is 0.286. The third-order valence-corrected chi connectivity index (χ3v) is 5.56. The number of nitrogens with one attached hydrogen (secondary N) is 2. The fourth-order valence-electron chi connectivity index (χ4n) is 3.70. The van der Waals surface area contributed by atoms with E-state index in [1.54, 1.807) is 24.3 Å². The Bertz CT molecular complexity index is 962. The van der Waals surface area contributed by atoms with Crippen molar-refractivity contribution in [2.75, 3.05) is 19.8 Å². The van der Waals surface area contributed by atoms with Gasteiger partial charge < -0.3 is 15.0 Å². The Balaban J connectivity index is 1.54. The van der Waals surface area contributed by atoms with Crippen LogP contribution in [-0.4, -0.2) is 30.6 Å². The molecule has 0 aliphatic carbocycles. The summed E-state index contributed by atoms with van der Waals surface area (Å²) in [4.78, 5) is 15.8. The number of hydrogen-bond acceptors (Lipinski definition) is 2. The Hall–Kier alpha value is -2.37. The maximum Gasteiger partial charge on any atom is 0.267 e. The molecule has 0 spiro atoms. The molecule has 1 aromatic heterocycles. The maximum atomic E-state index is 13.3. The van der Waals surface area contributed by atoms with Crippen LogP contribution in [0.25, 0.3) is 10.9 Å². The van der Waals surface area contributed by atoms with Crippen molar-refractivity contribution in [2.24, 2.45) is 0 Å². The van der Waals surface area contributed by atoms with E-state index < -0.39 is 0 Å². The number of amides is 1. The molecule has 1 aliphatic heterocycles. The third-order valence-electron chi connectivity index (χ3n) is 5.32. The van der Waals surface area contributed by atoms with E-state index in [0.717, 1.165) is 29.3 Å². The molecule has 1 fully saturated rings. The minimum atomic E-state index is -0.262. The van der Waals surface area contributed by atoms with Crippen LogP contribution in [0.3, 0.4) is 0 Å². The quantitative estimate of drug-likeness (QED) is 0.696. The predicted octanol–water partition coefficient (Wildman–Crippen LogP) is 4.44. The molecule has 0 unspecified atom stereocenters. The lowest BCUT2D eigenvalue weighted by Gasteiger charge is -2.38. The third kappa shape index (κ3) is 3.70. The van der Waals surface area contributed by atoms with Crippen molar-refractivity contribution in [3.63, 3.8) is 0 Å². The molecule has 2 N–H and O–H groups in total. The highest BCUT2D eigenvalue weighted by Crippen LogP contribution is 2.34. The molecule has 27 heavy (non-hydrogen) atoms. The predicted molar refractivity (Wildman–Crippen MR) is 104 cm³/mol. The van der Waals surface area contributed by atoms with Crippen molar-refractivity contribution in [3.8, 4) is 0 Å². The second kappa shape index (κ2) is 7.33. The SMILES string of the molecule is O=C(NCC1(c2ccc(F)cc2)CCOCC1)c1cc2ccc(Cl)cc2[nH]1. The van der Waals surface area contributed by atoms with Crippen molar-refractivity contribution in [3.05, 3.63) is 70.6 Å². The van der Waals surface area contributed by atoms with Gasteiger partial charge in [0.1, 0.15) is 11.5 Å². The first-order valence-corrected chi connectivity index (χ1v) is 9.34.